The monoisotopic (exact) mass is 207 g/mol. The molecular formula is C8H17NO3S. The Hall–Kier alpha value is -0.130. The lowest BCUT2D eigenvalue weighted by molar-refractivity contribution is 0.0493. The van der Waals surface area contributed by atoms with Gasteiger partial charge in [-0.3, -0.25) is 0 Å². The van der Waals surface area contributed by atoms with Crippen molar-refractivity contribution in [3.63, 3.8) is 0 Å². The van der Waals surface area contributed by atoms with Gasteiger partial charge in [0.05, 0.1) is 12.4 Å². The molecule has 0 heterocycles. The molecule has 0 radical (unpaired) electrons. The van der Waals surface area contributed by atoms with Gasteiger partial charge in [-0.25, -0.2) is 13.1 Å². The van der Waals surface area contributed by atoms with Crippen LogP contribution in [0.3, 0.4) is 0 Å². The van der Waals surface area contributed by atoms with E-state index in [-0.39, 0.29) is 12.1 Å². The normalized spacial score (nSPS) is 30.3. The summed E-state index contributed by atoms with van der Waals surface area (Å²) in [5, 5.41) is 0. The van der Waals surface area contributed by atoms with Gasteiger partial charge in [0.25, 0.3) is 0 Å². The van der Waals surface area contributed by atoms with Crippen molar-refractivity contribution in [1.29, 1.82) is 0 Å². The van der Waals surface area contributed by atoms with Crippen LogP contribution in [0.25, 0.3) is 0 Å². The highest BCUT2D eigenvalue weighted by atomic mass is 32.2. The average Bonchev–Trinajstić information content (AvgIpc) is 2.02. The molecule has 0 aromatic heterocycles. The first-order chi connectivity index (χ1) is 6.03. The smallest absolute Gasteiger partial charge is 0.209 e. The van der Waals surface area contributed by atoms with E-state index in [0.29, 0.717) is 0 Å². The van der Waals surface area contributed by atoms with Gasteiger partial charge in [-0.05, 0) is 12.8 Å². The number of hydrogen-bond donors (Lipinski definition) is 1. The first kappa shape index (κ1) is 10.9. The highest BCUT2D eigenvalue weighted by molar-refractivity contribution is 7.88. The summed E-state index contributed by atoms with van der Waals surface area (Å²) in [7, 11) is -1.46. The van der Waals surface area contributed by atoms with Gasteiger partial charge in [-0.15, -0.1) is 0 Å². The van der Waals surface area contributed by atoms with Gasteiger partial charge in [-0.2, -0.15) is 0 Å². The van der Waals surface area contributed by atoms with Gasteiger partial charge in [0.1, 0.15) is 0 Å². The Morgan fingerprint density at radius 2 is 1.92 bits per heavy atom. The molecule has 0 aromatic carbocycles. The third-order valence-electron chi connectivity index (χ3n) is 2.37. The predicted molar refractivity (Wildman–Crippen MR) is 51.0 cm³/mol. The summed E-state index contributed by atoms with van der Waals surface area (Å²) < 4.78 is 29.8. The summed E-state index contributed by atoms with van der Waals surface area (Å²) in [6.07, 6.45) is 5.26. The first-order valence-corrected chi connectivity index (χ1v) is 6.42. The van der Waals surface area contributed by atoms with Gasteiger partial charge in [0, 0.05) is 13.2 Å². The summed E-state index contributed by atoms with van der Waals surface area (Å²) in [4.78, 5) is 0. The Morgan fingerprint density at radius 3 is 2.46 bits per heavy atom. The van der Waals surface area contributed by atoms with E-state index in [1.165, 1.54) is 6.26 Å². The lowest BCUT2D eigenvalue weighted by Gasteiger charge is -2.30. The minimum absolute atomic E-state index is 0.0336. The summed E-state index contributed by atoms with van der Waals surface area (Å²) in [5.74, 6) is 0. The molecule has 1 saturated carbocycles. The van der Waals surface area contributed by atoms with E-state index in [9.17, 15) is 8.42 Å². The van der Waals surface area contributed by atoms with E-state index in [1.807, 2.05) is 0 Å². The van der Waals surface area contributed by atoms with Gasteiger partial charge in [0.2, 0.25) is 10.0 Å². The molecule has 1 rings (SSSR count). The molecular weight excluding hydrogens is 190 g/mol. The lowest BCUT2D eigenvalue weighted by Crippen LogP contribution is -2.45. The van der Waals surface area contributed by atoms with Crippen LogP contribution in [-0.4, -0.2) is 33.9 Å². The summed E-state index contributed by atoms with van der Waals surface area (Å²) >= 11 is 0. The van der Waals surface area contributed by atoms with Crippen LogP contribution in [0, 0.1) is 0 Å². The fourth-order valence-electron chi connectivity index (χ4n) is 1.79. The van der Waals surface area contributed by atoms with Crippen LogP contribution in [0.4, 0.5) is 0 Å². The predicted octanol–water partition coefficient (Wildman–Crippen LogP) is 0.493. The molecule has 2 unspecified atom stereocenters. The van der Waals surface area contributed by atoms with E-state index in [4.69, 9.17) is 4.74 Å². The third-order valence-corrected chi connectivity index (χ3v) is 3.10. The lowest BCUT2D eigenvalue weighted by atomic mass is 9.93. The Bertz CT molecular complexity index is 250. The number of methoxy groups -OCH3 is 1. The SMILES string of the molecule is COC1CCCCC1NS(C)(=O)=O. The molecule has 4 nitrogen and oxygen atoms in total. The number of hydrogen-bond acceptors (Lipinski definition) is 3. The maximum absolute atomic E-state index is 11.0. The van der Waals surface area contributed by atoms with E-state index in [0.717, 1.165) is 25.7 Å². The minimum atomic E-state index is -3.10. The summed E-state index contributed by atoms with van der Waals surface area (Å²) in [6, 6.07) is -0.0336. The van der Waals surface area contributed by atoms with Crippen molar-refractivity contribution in [3.05, 3.63) is 0 Å². The van der Waals surface area contributed by atoms with Crippen LogP contribution in [0.15, 0.2) is 0 Å². The third kappa shape index (κ3) is 3.62. The molecule has 13 heavy (non-hydrogen) atoms. The van der Waals surface area contributed by atoms with Crippen molar-refractivity contribution in [2.75, 3.05) is 13.4 Å². The Labute approximate surface area is 79.7 Å². The molecule has 0 spiro atoms. The molecule has 1 aliphatic carbocycles. The maximum atomic E-state index is 11.0. The van der Waals surface area contributed by atoms with Crippen molar-refractivity contribution < 1.29 is 13.2 Å². The zero-order valence-corrected chi connectivity index (χ0v) is 8.93. The van der Waals surface area contributed by atoms with Crippen molar-refractivity contribution in [1.82, 2.24) is 4.72 Å². The van der Waals surface area contributed by atoms with Crippen LogP contribution >= 0.6 is 0 Å². The topological polar surface area (TPSA) is 55.4 Å². The quantitative estimate of drug-likeness (QED) is 0.733. The average molecular weight is 207 g/mol. The fraction of sp³-hybridized carbons (Fsp3) is 1.00. The van der Waals surface area contributed by atoms with Crippen LogP contribution in [0.1, 0.15) is 25.7 Å². The zero-order chi connectivity index (χ0) is 9.90. The second-order valence-corrected chi connectivity index (χ2v) is 5.34. The maximum Gasteiger partial charge on any atom is 0.209 e. The largest absolute Gasteiger partial charge is 0.380 e. The van der Waals surface area contributed by atoms with Crippen molar-refractivity contribution in [3.8, 4) is 0 Å². The molecule has 2 atom stereocenters. The Morgan fingerprint density at radius 1 is 1.31 bits per heavy atom. The molecule has 0 saturated heterocycles. The molecule has 78 valence electrons. The molecule has 5 heteroatoms. The van der Waals surface area contributed by atoms with Gasteiger partial charge in [-0.1, -0.05) is 12.8 Å². The molecule has 0 bridgehead atoms. The van der Waals surface area contributed by atoms with Gasteiger partial charge in [0.15, 0.2) is 0 Å². The number of ether oxygens (including phenoxy) is 1. The van der Waals surface area contributed by atoms with E-state index in [2.05, 4.69) is 4.72 Å². The van der Waals surface area contributed by atoms with Gasteiger partial charge >= 0.3 is 0 Å². The van der Waals surface area contributed by atoms with E-state index < -0.39 is 10.0 Å². The Balaban J connectivity index is 2.55. The van der Waals surface area contributed by atoms with Crippen LogP contribution in [0.5, 0.6) is 0 Å². The second-order valence-electron chi connectivity index (χ2n) is 3.56. The molecule has 1 N–H and O–H groups in total. The zero-order valence-electron chi connectivity index (χ0n) is 8.12. The van der Waals surface area contributed by atoms with Crippen molar-refractivity contribution in [2.24, 2.45) is 0 Å². The summed E-state index contributed by atoms with van der Waals surface area (Å²) in [6.45, 7) is 0. The number of nitrogens with one attached hydrogen (secondary N) is 1. The van der Waals surface area contributed by atoms with Crippen LogP contribution in [-0.2, 0) is 14.8 Å². The van der Waals surface area contributed by atoms with Crippen LogP contribution in [0.2, 0.25) is 0 Å². The van der Waals surface area contributed by atoms with Crippen molar-refractivity contribution in [2.45, 2.75) is 37.8 Å². The van der Waals surface area contributed by atoms with Gasteiger partial charge < -0.3 is 4.74 Å². The standard InChI is InChI=1S/C8H17NO3S/c1-12-8-6-4-3-5-7(8)9-13(2,10)11/h7-9H,3-6H2,1-2H3. The minimum Gasteiger partial charge on any atom is -0.380 e. The molecule has 1 fully saturated rings. The highest BCUT2D eigenvalue weighted by Gasteiger charge is 2.26. The second kappa shape index (κ2) is 4.39. The highest BCUT2D eigenvalue weighted by Crippen LogP contribution is 2.20. The summed E-state index contributed by atoms with van der Waals surface area (Å²) in [5.41, 5.74) is 0. The fourth-order valence-corrected chi connectivity index (χ4v) is 2.61. The molecule has 1 aliphatic rings. The molecule has 0 aliphatic heterocycles. The Kier molecular flexibility index (Phi) is 3.70. The molecule has 0 amide bonds. The van der Waals surface area contributed by atoms with Crippen LogP contribution < -0.4 is 4.72 Å². The number of rotatable bonds is 3. The van der Waals surface area contributed by atoms with Crippen molar-refractivity contribution >= 4 is 10.0 Å². The van der Waals surface area contributed by atoms with E-state index >= 15 is 0 Å². The first-order valence-electron chi connectivity index (χ1n) is 4.53. The van der Waals surface area contributed by atoms with E-state index in [1.54, 1.807) is 7.11 Å². The number of sulfonamides is 1. The molecule has 0 aromatic rings.